The minimum absolute atomic E-state index is 0.0618. The molecule has 2 amide bonds. The molecule has 3 nitrogen and oxygen atoms in total. The topological polar surface area (TPSA) is 41.1 Å². The van der Waals surface area contributed by atoms with Crippen molar-refractivity contribution in [2.45, 2.75) is 38.8 Å². The molecule has 17 heavy (non-hydrogen) atoms. The molecule has 2 N–H and O–H groups in total. The van der Waals surface area contributed by atoms with Crippen molar-refractivity contribution in [3.05, 3.63) is 35.9 Å². The molecule has 0 spiro atoms. The van der Waals surface area contributed by atoms with Gasteiger partial charge in [0.1, 0.15) is 0 Å². The molecule has 1 aromatic rings. The number of hydrogen-bond donors (Lipinski definition) is 2. The van der Waals surface area contributed by atoms with E-state index in [9.17, 15) is 4.79 Å². The van der Waals surface area contributed by atoms with Gasteiger partial charge in [0.15, 0.2) is 0 Å². The van der Waals surface area contributed by atoms with Crippen molar-refractivity contribution in [2.75, 3.05) is 0 Å². The summed E-state index contributed by atoms with van der Waals surface area (Å²) in [5.74, 6) is 0.678. The van der Waals surface area contributed by atoms with Crippen LogP contribution in [-0.2, 0) is 6.54 Å². The molecule has 1 aliphatic rings. The van der Waals surface area contributed by atoms with Gasteiger partial charge in [-0.1, -0.05) is 36.8 Å². The number of benzene rings is 1. The number of hydrogen-bond acceptors (Lipinski definition) is 1. The highest BCUT2D eigenvalue weighted by Crippen LogP contribution is 2.29. The van der Waals surface area contributed by atoms with Crippen molar-refractivity contribution in [2.24, 2.45) is 5.92 Å². The molecule has 3 heteroatoms. The molecule has 0 radical (unpaired) electrons. The average molecular weight is 232 g/mol. The Morgan fingerprint density at radius 3 is 2.65 bits per heavy atom. The van der Waals surface area contributed by atoms with Gasteiger partial charge < -0.3 is 10.6 Å². The predicted molar refractivity (Wildman–Crippen MR) is 68.6 cm³/mol. The second kappa shape index (κ2) is 5.71. The number of amides is 2. The summed E-state index contributed by atoms with van der Waals surface area (Å²) in [6.45, 7) is 2.68. The molecule has 0 saturated heterocycles. The Kier molecular flexibility index (Phi) is 4.02. The molecule has 0 aliphatic heterocycles. The third-order valence-corrected chi connectivity index (χ3v) is 3.51. The first kappa shape index (κ1) is 12.0. The lowest BCUT2D eigenvalue weighted by Gasteiger charge is -2.31. The van der Waals surface area contributed by atoms with E-state index in [-0.39, 0.29) is 6.03 Å². The van der Waals surface area contributed by atoms with Crippen LogP contribution in [0.3, 0.4) is 0 Å². The van der Waals surface area contributed by atoms with Crippen LogP contribution in [0.4, 0.5) is 4.79 Å². The highest BCUT2D eigenvalue weighted by Gasteiger charge is 2.24. The van der Waals surface area contributed by atoms with Crippen LogP contribution < -0.4 is 10.6 Å². The van der Waals surface area contributed by atoms with E-state index in [0.29, 0.717) is 18.5 Å². The lowest BCUT2D eigenvalue weighted by molar-refractivity contribution is 0.213. The lowest BCUT2D eigenvalue weighted by atomic mass is 9.80. The Hall–Kier alpha value is -1.51. The summed E-state index contributed by atoms with van der Waals surface area (Å²) in [5.41, 5.74) is 1.12. The average Bonchev–Trinajstić information content (AvgIpc) is 2.25. The van der Waals surface area contributed by atoms with Crippen LogP contribution in [0.1, 0.15) is 31.7 Å². The molecule has 1 saturated carbocycles. The van der Waals surface area contributed by atoms with E-state index in [1.165, 1.54) is 19.3 Å². The minimum atomic E-state index is -0.0618. The molecule has 0 aromatic heterocycles. The maximum Gasteiger partial charge on any atom is 0.315 e. The van der Waals surface area contributed by atoms with Crippen LogP contribution in [0.15, 0.2) is 30.3 Å². The normalized spacial score (nSPS) is 17.0. The SMILES string of the molecule is CC(NC(=O)NCc1ccccc1)C1CCC1. The van der Waals surface area contributed by atoms with Crippen molar-refractivity contribution < 1.29 is 4.79 Å². The fraction of sp³-hybridized carbons (Fsp3) is 0.500. The van der Waals surface area contributed by atoms with E-state index in [0.717, 1.165) is 5.56 Å². The van der Waals surface area contributed by atoms with Crippen LogP contribution in [-0.4, -0.2) is 12.1 Å². The van der Waals surface area contributed by atoms with Crippen LogP contribution >= 0.6 is 0 Å². The zero-order valence-corrected chi connectivity index (χ0v) is 10.3. The van der Waals surface area contributed by atoms with Gasteiger partial charge in [0, 0.05) is 12.6 Å². The van der Waals surface area contributed by atoms with E-state index < -0.39 is 0 Å². The summed E-state index contributed by atoms with van der Waals surface area (Å²) in [6.07, 6.45) is 3.81. The van der Waals surface area contributed by atoms with Crippen LogP contribution in [0, 0.1) is 5.92 Å². The molecule has 1 aliphatic carbocycles. The Balaban J connectivity index is 1.70. The Morgan fingerprint density at radius 1 is 1.35 bits per heavy atom. The second-order valence-electron chi connectivity index (χ2n) is 4.79. The van der Waals surface area contributed by atoms with Crippen molar-refractivity contribution in [1.82, 2.24) is 10.6 Å². The molecule has 92 valence electrons. The summed E-state index contributed by atoms with van der Waals surface area (Å²) in [6, 6.07) is 10.2. The zero-order valence-electron chi connectivity index (χ0n) is 10.3. The summed E-state index contributed by atoms with van der Waals surface area (Å²) in [5, 5.41) is 5.88. The standard InChI is InChI=1S/C14H20N2O/c1-11(13-8-5-9-13)16-14(17)15-10-12-6-3-2-4-7-12/h2-4,6-7,11,13H,5,8-10H2,1H3,(H2,15,16,17). The number of nitrogens with one attached hydrogen (secondary N) is 2. The zero-order chi connectivity index (χ0) is 12.1. The van der Waals surface area contributed by atoms with Crippen LogP contribution in [0.2, 0.25) is 0 Å². The smallest absolute Gasteiger partial charge is 0.315 e. The molecule has 1 atom stereocenters. The number of urea groups is 1. The summed E-state index contributed by atoms with van der Waals surface area (Å²) >= 11 is 0. The summed E-state index contributed by atoms with van der Waals surface area (Å²) in [4.78, 5) is 11.6. The maximum absolute atomic E-state index is 11.6. The summed E-state index contributed by atoms with van der Waals surface area (Å²) in [7, 11) is 0. The largest absolute Gasteiger partial charge is 0.335 e. The van der Waals surface area contributed by atoms with Gasteiger partial charge in [0.2, 0.25) is 0 Å². The van der Waals surface area contributed by atoms with Gasteiger partial charge >= 0.3 is 6.03 Å². The first-order chi connectivity index (χ1) is 8.25. The van der Waals surface area contributed by atoms with Gasteiger partial charge in [0.25, 0.3) is 0 Å². The highest BCUT2D eigenvalue weighted by molar-refractivity contribution is 5.74. The lowest BCUT2D eigenvalue weighted by Crippen LogP contribution is -2.45. The Morgan fingerprint density at radius 2 is 2.06 bits per heavy atom. The molecule has 1 fully saturated rings. The van der Waals surface area contributed by atoms with E-state index in [4.69, 9.17) is 0 Å². The van der Waals surface area contributed by atoms with E-state index in [1.807, 2.05) is 30.3 Å². The molecule has 0 bridgehead atoms. The molecule has 2 rings (SSSR count). The predicted octanol–water partition coefficient (Wildman–Crippen LogP) is 2.67. The maximum atomic E-state index is 11.6. The number of carbonyl (C=O) groups is 1. The molecule has 1 aromatic carbocycles. The highest BCUT2D eigenvalue weighted by atomic mass is 16.2. The van der Waals surface area contributed by atoms with Crippen molar-refractivity contribution in [3.63, 3.8) is 0 Å². The summed E-state index contributed by atoms with van der Waals surface area (Å²) < 4.78 is 0. The minimum Gasteiger partial charge on any atom is -0.335 e. The first-order valence-electron chi connectivity index (χ1n) is 6.34. The molecule has 0 heterocycles. The van der Waals surface area contributed by atoms with Crippen molar-refractivity contribution in [3.8, 4) is 0 Å². The quantitative estimate of drug-likeness (QED) is 0.823. The van der Waals surface area contributed by atoms with Gasteiger partial charge in [-0.25, -0.2) is 4.79 Å². The van der Waals surface area contributed by atoms with Crippen molar-refractivity contribution in [1.29, 1.82) is 0 Å². The fourth-order valence-corrected chi connectivity index (χ4v) is 2.09. The van der Waals surface area contributed by atoms with Gasteiger partial charge in [-0.15, -0.1) is 0 Å². The molecular formula is C14H20N2O. The van der Waals surface area contributed by atoms with E-state index >= 15 is 0 Å². The number of rotatable bonds is 4. The molecular weight excluding hydrogens is 212 g/mol. The first-order valence-corrected chi connectivity index (χ1v) is 6.34. The van der Waals surface area contributed by atoms with E-state index in [2.05, 4.69) is 17.6 Å². The third kappa shape index (κ3) is 3.48. The van der Waals surface area contributed by atoms with Crippen molar-refractivity contribution >= 4 is 6.03 Å². The Bertz CT molecular complexity index is 360. The van der Waals surface area contributed by atoms with Gasteiger partial charge in [-0.3, -0.25) is 0 Å². The monoisotopic (exact) mass is 232 g/mol. The number of carbonyl (C=O) groups excluding carboxylic acids is 1. The van der Waals surface area contributed by atoms with Gasteiger partial charge in [0.05, 0.1) is 0 Å². The van der Waals surface area contributed by atoms with Gasteiger partial charge in [-0.05, 0) is 31.2 Å². The second-order valence-corrected chi connectivity index (χ2v) is 4.79. The Labute approximate surface area is 103 Å². The van der Waals surface area contributed by atoms with Gasteiger partial charge in [-0.2, -0.15) is 0 Å². The third-order valence-electron chi connectivity index (χ3n) is 3.51. The van der Waals surface area contributed by atoms with Crippen LogP contribution in [0.5, 0.6) is 0 Å². The van der Waals surface area contributed by atoms with Crippen LogP contribution in [0.25, 0.3) is 0 Å². The van der Waals surface area contributed by atoms with E-state index in [1.54, 1.807) is 0 Å². The molecule has 1 unspecified atom stereocenters. The fourth-order valence-electron chi connectivity index (χ4n) is 2.09.